The summed E-state index contributed by atoms with van der Waals surface area (Å²) in [7, 11) is 1.05. The zero-order valence-electron chi connectivity index (χ0n) is 6.51. The summed E-state index contributed by atoms with van der Waals surface area (Å²) in [6.07, 6.45) is -4.04. The Balaban J connectivity index is 2.93. The van der Waals surface area contributed by atoms with Crippen LogP contribution in [0.25, 0.3) is 0 Å². The highest BCUT2D eigenvalue weighted by Gasteiger charge is 2.33. The van der Waals surface area contributed by atoms with Crippen molar-refractivity contribution in [2.75, 3.05) is 7.11 Å². The molecule has 0 unspecified atom stereocenters. The fraction of sp³-hybridized carbons (Fsp3) is 0.286. The van der Waals surface area contributed by atoms with Gasteiger partial charge in [-0.15, -0.1) is 0 Å². The second-order valence-electron chi connectivity index (χ2n) is 2.19. The van der Waals surface area contributed by atoms with Crippen molar-refractivity contribution in [3.05, 3.63) is 23.7 Å². The fourth-order valence-corrected chi connectivity index (χ4v) is 0.693. The highest BCUT2D eigenvalue weighted by atomic mass is 19.4. The molecule has 0 fully saturated rings. The minimum Gasteiger partial charge on any atom is -0.463 e. The van der Waals surface area contributed by atoms with E-state index in [1.54, 1.807) is 0 Å². The van der Waals surface area contributed by atoms with Gasteiger partial charge >= 0.3 is 12.1 Å². The standard InChI is InChI=1S/C7H5F3O3/c1-12-6(11)5-2-4(3-13-5)7(8,9)10/h2-3H,1H3. The van der Waals surface area contributed by atoms with Crippen LogP contribution < -0.4 is 0 Å². The van der Waals surface area contributed by atoms with Crippen molar-refractivity contribution >= 4 is 5.97 Å². The molecule has 13 heavy (non-hydrogen) atoms. The van der Waals surface area contributed by atoms with E-state index in [0.717, 1.165) is 7.11 Å². The lowest BCUT2D eigenvalue weighted by Crippen LogP contribution is -2.03. The highest BCUT2D eigenvalue weighted by molar-refractivity contribution is 5.86. The maximum Gasteiger partial charge on any atom is 0.419 e. The highest BCUT2D eigenvalue weighted by Crippen LogP contribution is 2.30. The van der Waals surface area contributed by atoms with Crippen LogP contribution >= 0.6 is 0 Å². The molecule has 0 bridgehead atoms. The van der Waals surface area contributed by atoms with Crippen LogP contribution in [0.5, 0.6) is 0 Å². The molecule has 0 aliphatic rings. The van der Waals surface area contributed by atoms with E-state index >= 15 is 0 Å². The Morgan fingerprint density at radius 1 is 1.54 bits per heavy atom. The van der Waals surface area contributed by atoms with Gasteiger partial charge in [0.25, 0.3) is 0 Å². The second-order valence-corrected chi connectivity index (χ2v) is 2.19. The number of halogens is 3. The number of ether oxygens (including phenoxy) is 1. The predicted molar refractivity (Wildman–Crippen MR) is 35.0 cm³/mol. The Morgan fingerprint density at radius 2 is 2.15 bits per heavy atom. The Kier molecular flexibility index (Phi) is 2.31. The van der Waals surface area contributed by atoms with Gasteiger partial charge in [0.1, 0.15) is 6.26 Å². The van der Waals surface area contributed by atoms with Crippen molar-refractivity contribution in [1.29, 1.82) is 0 Å². The van der Waals surface area contributed by atoms with Gasteiger partial charge in [-0.3, -0.25) is 0 Å². The molecule has 0 aliphatic carbocycles. The summed E-state index contributed by atoms with van der Waals surface area (Å²) in [5.41, 5.74) is -1.01. The molecular weight excluding hydrogens is 189 g/mol. The third kappa shape index (κ3) is 2.01. The maximum absolute atomic E-state index is 12.0. The molecule has 0 aliphatic heterocycles. The maximum atomic E-state index is 12.0. The van der Waals surface area contributed by atoms with Crippen molar-refractivity contribution in [2.45, 2.75) is 6.18 Å². The van der Waals surface area contributed by atoms with Crippen LogP contribution in [0.3, 0.4) is 0 Å². The summed E-state index contributed by atoms with van der Waals surface area (Å²) >= 11 is 0. The van der Waals surface area contributed by atoms with E-state index in [4.69, 9.17) is 0 Å². The molecular formula is C7H5F3O3. The zero-order chi connectivity index (χ0) is 10.1. The van der Waals surface area contributed by atoms with Crippen molar-refractivity contribution in [3.63, 3.8) is 0 Å². The smallest absolute Gasteiger partial charge is 0.419 e. The molecule has 1 heterocycles. The van der Waals surface area contributed by atoms with Gasteiger partial charge < -0.3 is 9.15 Å². The summed E-state index contributed by atoms with van der Waals surface area (Å²) in [5.74, 6) is -1.40. The number of hydrogen-bond acceptors (Lipinski definition) is 3. The van der Waals surface area contributed by atoms with E-state index < -0.39 is 23.5 Å². The zero-order valence-corrected chi connectivity index (χ0v) is 6.51. The van der Waals surface area contributed by atoms with E-state index in [1.807, 2.05) is 0 Å². The molecule has 0 radical (unpaired) electrons. The number of carbonyl (C=O) groups excluding carboxylic acids is 1. The van der Waals surface area contributed by atoms with Crippen LogP contribution in [0.4, 0.5) is 13.2 Å². The number of furan rings is 1. The summed E-state index contributed by atoms with van der Waals surface area (Å²) in [5, 5.41) is 0. The second kappa shape index (κ2) is 3.12. The first-order valence-corrected chi connectivity index (χ1v) is 3.19. The van der Waals surface area contributed by atoms with E-state index in [2.05, 4.69) is 9.15 Å². The lowest BCUT2D eigenvalue weighted by molar-refractivity contribution is -0.137. The van der Waals surface area contributed by atoms with Gasteiger partial charge in [0, 0.05) is 6.07 Å². The molecule has 1 rings (SSSR count). The first kappa shape index (κ1) is 9.63. The molecule has 0 saturated heterocycles. The molecule has 6 heteroatoms. The van der Waals surface area contributed by atoms with Crippen LogP contribution in [-0.4, -0.2) is 13.1 Å². The molecule has 0 saturated carbocycles. The summed E-state index contributed by atoms with van der Waals surface area (Å²) in [6.45, 7) is 0. The summed E-state index contributed by atoms with van der Waals surface area (Å²) < 4.78 is 44.4. The van der Waals surface area contributed by atoms with E-state index in [0.29, 0.717) is 12.3 Å². The number of hydrogen-bond donors (Lipinski definition) is 0. The molecule has 1 aromatic rings. The van der Waals surface area contributed by atoms with Crippen LogP contribution in [0, 0.1) is 0 Å². The molecule has 0 atom stereocenters. The van der Waals surface area contributed by atoms with Crippen molar-refractivity contribution < 1.29 is 27.1 Å². The number of rotatable bonds is 1. The van der Waals surface area contributed by atoms with Crippen molar-refractivity contribution in [1.82, 2.24) is 0 Å². The number of esters is 1. The van der Waals surface area contributed by atoms with E-state index in [9.17, 15) is 18.0 Å². The van der Waals surface area contributed by atoms with E-state index in [-0.39, 0.29) is 0 Å². The number of alkyl halides is 3. The lowest BCUT2D eigenvalue weighted by Gasteiger charge is -1.99. The van der Waals surface area contributed by atoms with E-state index in [1.165, 1.54) is 0 Å². The van der Waals surface area contributed by atoms with Crippen LogP contribution in [0.1, 0.15) is 16.1 Å². The predicted octanol–water partition coefficient (Wildman–Crippen LogP) is 2.08. The summed E-state index contributed by atoms with van der Waals surface area (Å²) in [4.78, 5) is 10.7. The van der Waals surface area contributed by atoms with Crippen molar-refractivity contribution in [3.8, 4) is 0 Å². The molecule has 72 valence electrons. The topological polar surface area (TPSA) is 39.4 Å². The molecule has 0 aromatic carbocycles. The monoisotopic (exact) mass is 194 g/mol. The van der Waals surface area contributed by atoms with Gasteiger partial charge in [0.2, 0.25) is 5.76 Å². The number of carbonyl (C=O) groups is 1. The van der Waals surface area contributed by atoms with Gasteiger partial charge in [0.05, 0.1) is 12.7 Å². The SMILES string of the molecule is COC(=O)c1cc(C(F)(F)F)co1. The number of methoxy groups -OCH3 is 1. The van der Waals surface area contributed by atoms with Gasteiger partial charge in [-0.25, -0.2) is 4.79 Å². The molecule has 0 amide bonds. The minimum absolute atomic E-state index is 0.463. The lowest BCUT2D eigenvalue weighted by atomic mass is 10.3. The van der Waals surface area contributed by atoms with Crippen LogP contribution in [-0.2, 0) is 10.9 Å². The van der Waals surface area contributed by atoms with Gasteiger partial charge in [-0.2, -0.15) is 13.2 Å². The summed E-state index contributed by atoms with van der Waals surface area (Å²) in [6, 6.07) is 0.589. The molecule has 1 aromatic heterocycles. The molecule has 0 N–H and O–H groups in total. The van der Waals surface area contributed by atoms with Gasteiger partial charge in [-0.1, -0.05) is 0 Å². The first-order chi connectivity index (χ1) is 5.95. The van der Waals surface area contributed by atoms with Crippen LogP contribution in [0.15, 0.2) is 16.7 Å². The fourth-order valence-electron chi connectivity index (χ4n) is 0.693. The average molecular weight is 194 g/mol. The quantitative estimate of drug-likeness (QED) is 0.642. The minimum atomic E-state index is -4.50. The molecule has 0 spiro atoms. The Morgan fingerprint density at radius 3 is 2.54 bits per heavy atom. The van der Waals surface area contributed by atoms with Crippen LogP contribution in [0.2, 0.25) is 0 Å². The third-order valence-corrected chi connectivity index (χ3v) is 1.31. The van der Waals surface area contributed by atoms with Crippen molar-refractivity contribution in [2.24, 2.45) is 0 Å². The largest absolute Gasteiger partial charge is 0.463 e. The molecule has 3 nitrogen and oxygen atoms in total. The first-order valence-electron chi connectivity index (χ1n) is 3.19. The normalized spacial score (nSPS) is 11.4. The average Bonchev–Trinajstić information content (AvgIpc) is 2.50. The Bertz CT molecular complexity index is 313. The Hall–Kier alpha value is -1.46. The van der Waals surface area contributed by atoms with Gasteiger partial charge in [-0.05, 0) is 0 Å². The van der Waals surface area contributed by atoms with Gasteiger partial charge in [0.15, 0.2) is 0 Å². The third-order valence-electron chi connectivity index (χ3n) is 1.31. The Labute approximate surface area is 71.1 Å².